The van der Waals surface area contributed by atoms with Gasteiger partial charge < -0.3 is 5.32 Å². The van der Waals surface area contributed by atoms with E-state index in [2.05, 4.69) is 19.2 Å². The predicted molar refractivity (Wildman–Crippen MR) is 49.7 cm³/mol. The average Bonchev–Trinajstić information content (AvgIpc) is 1.84. The van der Waals surface area contributed by atoms with E-state index in [-0.39, 0.29) is 0 Å². The summed E-state index contributed by atoms with van der Waals surface area (Å²) in [6.07, 6.45) is 7.07. The second-order valence-electron chi connectivity index (χ2n) is 4.01. The number of rotatable bonds is 1. The third-order valence-electron chi connectivity index (χ3n) is 2.65. The molecule has 1 unspecified atom stereocenters. The summed E-state index contributed by atoms with van der Waals surface area (Å²) in [6.45, 7) is 5.88. The van der Waals surface area contributed by atoms with Crippen LogP contribution in [0.2, 0.25) is 0 Å². The Morgan fingerprint density at radius 2 is 1.82 bits per heavy atom. The van der Waals surface area contributed by atoms with Crippen molar-refractivity contribution in [2.24, 2.45) is 5.92 Å². The van der Waals surface area contributed by atoms with Gasteiger partial charge in [0.25, 0.3) is 0 Å². The summed E-state index contributed by atoms with van der Waals surface area (Å²) in [5, 5.41) is 3.62. The third kappa shape index (κ3) is 3.24. The van der Waals surface area contributed by atoms with Crippen LogP contribution in [0.1, 0.15) is 46.0 Å². The predicted octanol–water partition coefficient (Wildman–Crippen LogP) is 2.56. The molecule has 66 valence electrons. The topological polar surface area (TPSA) is 12.0 Å². The van der Waals surface area contributed by atoms with Crippen molar-refractivity contribution >= 4 is 0 Å². The van der Waals surface area contributed by atoms with Gasteiger partial charge in [0, 0.05) is 6.04 Å². The van der Waals surface area contributed by atoms with Crippen LogP contribution in [0.15, 0.2) is 0 Å². The van der Waals surface area contributed by atoms with E-state index >= 15 is 0 Å². The highest BCUT2D eigenvalue weighted by atomic mass is 14.9. The summed E-state index contributed by atoms with van der Waals surface area (Å²) in [6, 6.07) is 0.787. The molecule has 1 nitrogen and oxygen atoms in total. The Morgan fingerprint density at radius 1 is 1.09 bits per heavy atom. The molecule has 1 heterocycles. The lowest BCUT2D eigenvalue weighted by Gasteiger charge is -2.24. The zero-order chi connectivity index (χ0) is 8.10. The molecule has 0 bridgehead atoms. The van der Waals surface area contributed by atoms with Crippen LogP contribution in [0.25, 0.3) is 0 Å². The van der Waals surface area contributed by atoms with Crippen LogP contribution in [-0.2, 0) is 0 Å². The quantitative estimate of drug-likeness (QED) is 0.613. The maximum absolute atomic E-state index is 3.62. The molecular weight excluding hydrogens is 134 g/mol. The van der Waals surface area contributed by atoms with Gasteiger partial charge >= 0.3 is 0 Å². The van der Waals surface area contributed by atoms with Crippen LogP contribution < -0.4 is 5.32 Å². The summed E-state index contributed by atoms with van der Waals surface area (Å²) < 4.78 is 0. The van der Waals surface area contributed by atoms with Gasteiger partial charge in [0.2, 0.25) is 0 Å². The van der Waals surface area contributed by atoms with Crippen molar-refractivity contribution < 1.29 is 0 Å². The van der Waals surface area contributed by atoms with Crippen molar-refractivity contribution in [3.63, 3.8) is 0 Å². The Bertz CT molecular complexity index is 91.0. The molecule has 1 fully saturated rings. The van der Waals surface area contributed by atoms with E-state index in [1.54, 1.807) is 0 Å². The molecule has 0 saturated carbocycles. The number of hydrogen-bond donors (Lipinski definition) is 1. The SMILES string of the molecule is CC(C)C1CCCCCCN1. The van der Waals surface area contributed by atoms with Gasteiger partial charge in [-0.1, -0.05) is 33.1 Å². The molecule has 0 amide bonds. The van der Waals surface area contributed by atoms with E-state index in [9.17, 15) is 0 Å². The van der Waals surface area contributed by atoms with Crippen LogP contribution in [0.4, 0.5) is 0 Å². The van der Waals surface area contributed by atoms with Crippen molar-refractivity contribution in [1.82, 2.24) is 5.32 Å². The molecule has 1 aliphatic rings. The maximum atomic E-state index is 3.62. The van der Waals surface area contributed by atoms with Crippen molar-refractivity contribution in [1.29, 1.82) is 0 Å². The molecule has 1 saturated heterocycles. The Kier molecular flexibility index (Phi) is 3.92. The van der Waals surface area contributed by atoms with Crippen molar-refractivity contribution in [3.8, 4) is 0 Å². The number of hydrogen-bond acceptors (Lipinski definition) is 1. The smallest absolute Gasteiger partial charge is 0.00900 e. The Labute approximate surface area is 70.6 Å². The van der Waals surface area contributed by atoms with Gasteiger partial charge in [-0.15, -0.1) is 0 Å². The van der Waals surface area contributed by atoms with Gasteiger partial charge in [-0.3, -0.25) is 0 Å². The van der Waals surface area contributed by atoms with Crippen LogP contribution in [0.3, 0.4) is 0 Å². The molecule has 1 N–H and O–H groups in total. The largest absolute Gasteiger partial charge is 0.314 e. The minimum Gasteiger partial charge on any atom is -0.314 e. The van der Waals surface area contributed by atoms with Gasteiger partial charge in [0.05, 0.1) is 0 Å². The molecule has 0 spiro atoms. The highest BCUT2D eigenvalue weighted by Crippen LogP contribution is 2.14. The van der Waals surface area contributed by atoms with Gasteiger partial charge in [-0.2, -0.15) is 0 Å². The highest BCUT2D eigenvalue weighted by Gasteiger charge is 2.13. The maximum Gasteiger partial charge on any atom is 0.00900 e. The lowest BCUT2D eigenvalue weighted by Crippen LogP contribution is -2.35. The molecule has 1 aliphatic heterocycles. The normalized spacial score (nSPS) is 28.1. The van der Waals surface area contributed by atoms with Crippen molar-refractivity contribution in [2.75, 3.05) is 6.54 Å². The van der Waals surface area contributed by atoms with E-state index in [0.29, 0.717) is 0 Å². The Balaban J connectivity index is 2.26. The van der Waals surface area contributed by atoms with E-state index in [0.717, 1.165) is 12.0 Å². The minimum absolute atomic E-state index is 0.787. The summed E-state index contributed by atoms with van der Waals surface area (Å²) in [5.41, 5.74) is 0. The molecule has 1 rings (SSSR count). The van der Waals surface area contributed by atoms with Gasteiger partial charge in [0.1, 0.15) is 0 Å². The first kappa shape index (κ1) is 9.05. The Morgan fingerprint density at radius 3 is 2.55 bits per heavy atom. The summed E-state index contributed by atoms with van der Waals surface area (Å²) >= 11 is 0. The second-order valence-corrected chi connectivity index (χ2v) is 4.01. The summed E-state index contributed by atoms with van der Waals surface area (Å²) in [4.78, 5) is 0. The molecule has 1 atom stereocenters. The summed E-state index contributed by atoms with van der Waals surface area (Å²) in [7, 11) is 0. The average molecular weight is 155 g/mol. The van der Waals surface area contributed by atoms with E-state index in [4.69, 9.17) is 0 Å². The van der Waals surface area contributed by atoms with Gasteiger partial charge in [-0.05, 0) is 25.3 Å². The van der Waals surface area contributed by atoms with Crippen LogP contribution in [0, 0.1) is 5.92 Å². The first-order valence-corrected chi connectivity index (χ1v) is 5.04. The van der Waals surface area contributed by atoms with Crippen LogP contribution in [0.5, 0.6) is 0 Å². The van der Waals surface area contributed by atoms with Crippen LogP contribution >= 0.6 is 0 Å². The highest BCUT2D eigenvalue weighted by molar-refractivity contribution is 4.72. The molecule has 11 heavy (non-hydrogen) atoms. The Hall–Kier alpha value is -0.0400. The molecule has 0 aliphatic carbocycles. The van der Waals surface area contributed by atoms with Crippen LogP contribution in [-0.4, -0.2) is 12.6 Å². The van der Waals surface area contributed by atoms with E-state index in [1.165, 1.54) is 38.6 Å². The molecule has 0 aromatic carbocycles. The minimum atomic E-state index is 0.787. The fourth-order valence-corrected chi connectivity index (χ4v) is 1.80. The first-order valence-electron chi connectivity index (χ1n) is 5.04. The fourth-order valence-electron chi connectivity index (χ4n) is 1.80. The first-order chi connectivity index (χ1) is 5.30. The second kappa shape index (κ2) is 4.76. The monoisotopic (exact) mass is 155 g/mol. The zero-order valence-corrected chi connectivity index (χ0v) is 7.90. The van der Waals surface area contributed by atoms with Gasteiger partial charge in [0.15, 0.2) is 0 Å². The van der Waals surface area contributed by atoms with E-state index in [1.807, 2.05) is 0 Å². The van der Waals surface area contributed by atoms with Crippen molar-refractivity contribution in [2.45, 2.75) is 52.0 Å². The summed E-state index contributed by atoms with van der Waals surface area (Å²) in [5.74, 6) is 0.813. The van der Waals surface area contributed by atoms with Gasteiger partial charge in [-0.25, -0.2) is 0 Å². The number of nitrogens with one attached hydrogen (secondary N) is 1. The fraction of sp³-hybridized carbons (Fsp3) is 1.00. The third-order valence-corrected chi connectivity index (χ3v) is 2.65. The lowest BCUT2D eigenvalue weighted by molar-refractivity contribution is 0.343. The van der Waals surface area contributed by atoms with E-state index < -0.39 is 0 Å². The van der Waals surface area contributed by atoms with Crippen molar-refractivity contribution in [3.05, 3.63) is 0 Å². The molecule has 0 aromatic heterocycles. The standard InChI is InChI=1S/C10H21N/c1-9(2)10-7-5-3-4-6-8-11-10/h9-11H,3-8H2,1-2H3. The zero-order valence-electron chi connectivity index (χ0n) is 7.90. The molecule has 0 radical (unpaired) electrons. The molecular formula is C10H21N. The molecule has 1 heteroatoms. The lowest BCUT2D eigenvalue weighted by atomic mass is 9.96. The molecule has 0 aromatic rings.